The molecule has 16 heavy (non-hydrogen) atoms. The molecule has 0 saturated heterocycles. The minimum absolute atomic E-state index is 0.583. The zero-order valence-electron chi connectivity index (χ0n) is 9.23. The second kappa shape index (κ2) is 4.49. The van der Waals surface area contributed by atoms with Crippen molar-refractivity contribution in [1.29, 1.82) is 0 Å². The quantitative estimate of drug-likeness (QED) is 0.377. The molecule has 0 saturated carbocycles. The number of aromatic nitrogens is 1. The lowest BCUT2D eigenvalue weighted by Crippen LogP contribution is -2.16. The third-order valence-corrected chi connectivity index (χ3v) is 3.33. The van der Waals surface area contributed by atoms with Gasteiger partial charge in [0.15, 0.2) is 0 Å². The summed E-state index contributed by atoms with van der Waals surface area (Å²) < 4.78 is 2.08. The van der Waals surface area contributed by atoms with Gasteiger partial charge in [-0.15, -0.1) is 11.3 Å². The van der Waals surface area contributed by atoms with Crippen molar-refractivity contribution in [3.8, 4) is 0 Å². The van der Waals surface area contributed by atoms with E-state index in [1.165, 1.54) is 10.2 Å². The van der Waals surface area contributed by atoms with Crippen molar-refractivity contribution >= 4 is 33.8 Å². The van der Waals surface area contributed by atoms with Crippen molar-refractivity contribution in [3.05, 3.63) is 23.2 Å². The number of nitrogens with zero attached hydrogens (tertiary/aromatic N) is 2. The summed E-state index contributed by atoms with van der Waals surface area (Å²) in [4.78, 5) is 11.4. The number of hydrogen-bond donors (Lipinski definition) is 1. The molecule has 0 radical (unpaired) electrons. The lowest BCUT2D eigenvalue weighted by molar-refractivity contribution is -0.109. The summed E-state index contributed by atoms with van der Waals surface area (Å²) in [5, 5.41) is 7.34. The fourth-order valence-electron chi connectivity index (χ4n) is 1.76. The third kappa shape index (κ3) is 1.74. The molecule has 0 aliphatic heterocycles. The van der Waals surface area contributed by atoms with Gasteiger partial charge in [0.1, 0.15) is 10.7 Å². The van der Waals surface area contributed by atoms with Gasteiger partial charge in [-0.3, -0.25) is 9.36 Å². The number of nitrogens with one attached hydrogen (secondary N) is 1. The summed E-state index contributed by atoms with van der Waals surface area (Å²) in [6, 6.07) is 4.21. The van der Waals surface area contributed by atoms with Crippen LogP contribution in [0.1, 0.15) is 19.0 Å². The minimum atomic E-state index is 0.583. The van der Waals surface area contributed by atoms with E-state index in [0.29, 0.717) is 6.41 Å². The average molecular weight is 235 g/mol. The van der Waals surface area contributed by atoms with E-state index in [0.717, 1.165) is 18.0 Å². The van der Waals surface area contributed by atoms with E-state index >= 15 is 0 Å². The van der Waals surface area contributed by atoms with Crippen LogP contribution in [0.5, 0.6) is 0 Å². The molecule has 0 aromatic carbocycles. The van der Waals surface area contributed by atoms with E-state index in [1.54, 1.807) is 11.3 Å². The molecule has 1 amide bonds. The van der Waals surface area contributed by atoms with Gasteiger partial charge in [-0.2, -0.15) is 5.10 Å². The van der Waals surface area contributed by atoms with E-state index in [4.69, 9.17) is 0 Å². The molecule has 0 atom stereocenters. The molecule has 84 valence electrons. The van der Waals surface area contributed by atoms with Crippen LogP contribution in [0.25, 0.3) is 10.2 Å². The number of hydrazone groups is 1. The van der Waals surface area contributed by atoms with Crippen LogP contribution in [0.4, 0.5) is 0 Å². The predicted octanol–water partition coefficient (Wildman–Crippen LogP) is 2.33. The Morgan fingerprint density at radius 3 is 3.19 bits per heavy atom. The highest BCUT2D eigenvalue weighted by atomic mass is 32.1. The molecule has 2 heterocycles. The summed E-state index contributed by atoms with van der Waals surface area (Å²) in [6.45, 7) is 4.06. The van der Waals surface area contributed by atoms with E-state index in [2.05, 4.69) is 32.6 Å². The van der Waals surface area contributed by atoms with Gasteiger partial charge in [0, 0.05) is 17.5 Å². The number of hydrogen-bond acceptors (Lipinski definition) is 3. The fraction of sp³-hybridized carbons (Fsp3) is 0.273. The molecule has 0 spiro atoms. The van der Waals surface area contributed by atoms with Gasteiger partial charge in [0.05, 0.1) is 0 Å². The molecular weight excluding hydrogens is 222 g/mol. The number of carbonyl (C=O) groups is 1. The highest BCUT2D eigenvalue weighted by Crippen LogP contribution is 2.25. The molecule has 0 bridgehead atoms. The minimum Gasteiger partial charge on any atom is -0.292 e. The molecule has 0 fully saturated rings. The van der Waals surface area contributed by atoms with Crippen molar-refractivity contribution < 1.29 is 4.79 Å². The topological polar surface area (TPSA) is 46.4 Å². The Morgan fingerprint density at radius 2 is 2.50 bits per heavy atom. The van der Waals surface area contributed by atoms with Crippen molar-refractivity contribution in [2.45, 2.75) is 20.3 Å². The first-order valence-corrected chi connectivity index (χ1v) is 5.97. The van der Waals surface area contributed by atoms with Gasteiger partial charge in [-0.1, -0.05) is 6.92 Å². The van der Waals surface area contributed by atoms with Crippen molar-refractivity contribution in [2.24, 2.45) is 5.10 Å². The molecule has 2 rings (SSSR count). The molecule has 0 aliphatic rings. The monoisotopic (exact) mass is 235 g/mol. The van der Waals surface area contributed by atoms with Crippen LogP contribution in [0.3, 0.4) is 0 Å². The van der Waals surface area contributed by atoms with Crippen molar-refractivity contribution in [2.75, 3.05) is 0 Å². The highest BCUT2D eigenvalue weighted by molar-refractivity contribution is 7.16. The summed E-state index contributed by atoms with van der Waals surface area (Å²) in [6.07, 6.45) is 1.35. The van der Waals surface area contributed by atoms with Crippen LogP contribution in [0, 0.1) is 6.92 Å². The lowest BCUT2D eigenvalue weighted by Gasteiger charge is -2.08. The fourth-order valence-corrected chi connectivity index (χ4v) is 2.72. The van der Waals surface area contributed by atoms with Gasteiger partial charge >= 0.3 is 0 Å². The van der Waals surface area contributed by atoms with Crippen molar-refractivity contribution in [1.82, 2.24) is 9.99 Å². The highest BCUT2D eigenvalue weighted by Gasteiger charge is 2.10. The number of carbonyl (C=O) groups excluding carboxylic acids is 1. The van der Waals surface area contributed by atoms with E-state index < -0.39 is 0 Å². The van der Waals surface area contributed by atoms with E-state index in [9.17, 15) is 4.79 Å². The predicted molar refractivity (Wildman–Crippen MR) is 66.9 cm³/mol. The van der Waals surface area contributed by atoms with Gasteiger partial charge in [-0.25, -0.2) is 5.43 Å². The molecule has 0 unspecified atom stereocenters. The summed E-state index contributed by atoms with van der Waals surface area (Å²) in [5.41, 5.74) is 3.50. The zero-order valence-corrected chi connectivity index (χ0v) is 10.0. The SMILES string of the molecule is CC/C(=N/NC=O)n1c(C)cc2ccsc21. The average Bonchev–Trinajstić information content (AvgIpc) is 2.81. The van der Waals surface area contributed by atoms with Gasteiger partial charge < -0.3 is 0 Å². The molecule has 1 N–H and O–H groups in total. The molecule has 4 nitrogen and oxygen atoms in total. The van der Waals surface area contributed by atoms with Crippen molar-refractivity contribution in [3.63, 3.8) is 0 Å². The first-order chi connectivity index (χ1) is 7.77. The number of aryl methyl sites for hydroxylation is 1. The molecular formula is C11H13N3OS. The van der Waals surface area contributed by atoms with Crippen LogP contribution in [0.2, 0.25) is 0 Å². The number of fused-ring (bicyclic) bond motifs is 1. The Labute approximate surface area is 97.6 Å². The summed E-state index contributed by atoms with van der Waals surface area (Å²) in [5.74, 6) is 0.849. The van der Waals surface area contributed by atoms with Crippen LogP contribution < -0.4 is 5.43 Å². The Balaban J connectivity index is 2.54. The second-order valence-electron chi connectivity index (χ2n) is 3.43. The lowest BCUT2D eigenvalue weighted by atomic mass is 10.4. The Morgan fingerprint density at radius 1 is 1.69 bits per heavy atom. The Bertz CT molecular complexity index is 538. The molecule has 2 aromatic rings. The normalized spacial score (nSPS) is 12.0. The molecule has 2 aromatic heterocycles. The van der Waals surface area contributed by atoms with Crippen LogP contribution in [0.15, 0.2) is 22.6 Å². The number of rotatable bonds is 3. The Kier molecular flexibility index (Phi) is 3.05. The smallest absolute Gasteiger partial charge is 0.227 e. The standard InChI is InChI=1S/C11H13N3OS/c1-3-10(13-12-7-15)14-8(2)6-9-4-5-16-11(9)14/h4-7H,3H2,1-2H3,(H,12,15)/b13-10-. The molecule has 0 aliphatic carbocycles. The van der Waals surface area contributed by atoms with Crippen LogP contribution in [-0.2, 0) is 4.79 Å². The third-order valence-electron chi connectivity index (χ3n) is 2.42. The van der Waals surface area contributed by atoms with Crippen LogP contribution in [-0.4, -0.2) is 16.8 Å². The van der Waals surface area contributed by atoms with Gasteiger partial charge in [0.2, 0.25) is 6.41 Å². The Hall–Kier alpha value is -1.62. The van der Waals surface area contributed by atoms with Gasteiger partial charge in [-0.05, 0) is 24.4 Å². The van der Waals surface area contributed by atoms with E-state index in [-0.39, 0.29) is 0 Å². The maximum absolute atomic E-state index is 10.3. The maximum Gasteiger partial charge on any atom is 0.227 e. The summed E-state index contributed by atoms with van der Waals surface area (Å²) in [7, 11) is 0. The largest absolute Gasteiger partial charge is 0.292 e. The first-order valence-electron chi connectivity index (χ1n) is 5.09. The maximum atomic E-state index is 10.3. The van der Waals surface area contributed by atoms with E-state index in [1.807, 2.05) is 13.8 Å². The zero-order chi connectivity index (χ0) is 11.5. The number of thiophene rings is 1. The first kappa shape index (κ1) is 10.9. The summed E-state index contributed by atoms with van der Waals surface area (Å²) >= 11 is 1.68. The molecule has 5 heteroatoms. The van der Waals surface area contributed by atoms with Gasteiger partial charge in [0.25, 0.3) is 0 Å². The number of amides is 1. The van der Waals surface area contributed by atoms with Crippen LogP contribution >= 0.6 is 11.3 Å². The second-order valence-corrected chi connectivity index (χ2v) is 4.33.